The molecule has 0 aliphatic carbocycles. The van der Waals surface area contributed by atoms with Crippen LogP contribution in [0, 0.1) is 0 Å². The Kier molecular flexibility index (Phi) is 4.04. The number of hydrogen-bond donors (Lipinski definition) is 1. The van der Waals surface area contributed by atoms with Crippen molar-refractivity contribution in [1.29, 1.82) is 0 Å². The number of halogens is 1. The minimum absolute atomic E-state index is 0.137. The van der Waals surface area contributed by atoms with Crippen LogP contribution in [0.4, 0.5) is 5.82 Å². The molecule has 0 aromatic carbocycles. The molecule has 4 nitrogen and oxygen atoms in total. The maximum atomic E-state index is 11.4. The van der Waals surface area contributed by atoms with Gasteiger partial charge in [-0.15, -0.1) is 11.3 Å². The molecule has 0 spiro atoms. The third-order valence-corrected chi connectivity index (χ3v) is 4.09. The van der Waals surface area contributed by atoms with E-state index in [-0.39, 0.29) is 16.6 Å². The van der Waals surface area contributed by atoms with Gasteiger partial charge in [0.15, 0.2) is 5.82 Å². The predicted molar refractivity (Wildman–Crippen MR) is 75.8 cm³/mol. The predicted octanol–water partition coefficient (Wildman–Crippen LogP) is 2.55. The van der Waals surface area contributed by atoms with E-state index in [0.29, 0.717) is 5.82 Å². The van der Waals surface area contributed by atoms with E-state index in [0.717, 1.165) is 6.42 Å². The number of H-pyrrole nitrogens is 1. The lowest BCUT2D eigenvalue weighted by atomic mass is 10.2. The number of thiophene rings is 1. The van der Waals surface area contributed by atoms with Crippen LogP contribution in [0.5, 0.6) is 0 Å². The van der Waals surface area contributed by atoms with E-state index in [1.165, 1.54) is 11.2 Å². The van der Waals surface area contributed by atoms with Gasteiger partial charge in [0.1, 0.15) is 5.02 Å². The van der Waals surface area contributed by atoms with Crippen molar-refractivity contribution in [2.24, 2.45) is 0 Å². The Morgan fingerprint density at radius 3 is 3.06 bits per heavy atom. The molecule has 0 aliphatic heterocycles. The summed E-state index contributed by atoms with van der Waals surface area (Å²) in [6.07, 6.45) is 2.27. The zero-order valence-corrected chi connectivity index (χ0v) is 11.8. The van der Waals surface area contributed by atoms with Crippen molar-refractivity contribution >= 4 is 28.8 Å². The summed E-state index contributed by atoms with van der Waals surface area (Å²) >= 11 is 7.69. The highest BCUT2D eigenvalue weighted by molar-refractivity contribution is 7.09. The Hall–Kier alpha value is -1.33. The average molecular weight is 284 g/mol. The maximum absolute atomic E-state index is 11.4. The van der Waals surface area contributed by atoms with Crippen LogP contribution in [0.25, 0.3) is 0 Å². The molecule has 0 radical (unpaired) electrons. The molecule has 2 heterocycles. The molecular formula is C12H14ClN3OS. The number of aromatic amines is 1. The third-order valence-electron chi connectivity index (χ3n) is 2.85. The summed E-state index contributed by atoms with van der Waals surface area (Å²) in [4.78, 5) is 21.2. The van der Waals surface area contributed by atoms with Crippen LogP contribution in [-0.2, 0) is 6.42 Å². The molecule has 0 saturated carbocycles. The first-order valence-corrected chi connectivity index (χ1v) is 6.83. The SMILES string of the molecule is CC(Cc1cccs1)N(C)c1nc[nH]c(=O)c1Cl. The Bertz CT molecular complexity index is 567. The Balaban J connectivity index is 2.17. The molecule has 1 atom stereocenters. The molecule has 96 valence electrons. The molecule has 1 unspecified atom stereocenters. The second-order valence-corrected chi connectivity index (χ2v) is 5.52. The van der Waals surface area contributed by atoms with Crippen molar-refractivity contribution in [3.63, 3.8) is 0 Å². The van der Waals surface area contributed by atoms with Gasteiger partial charge in [-0.1, -0.05) is 17.7 Å². The van der Waals surface area contributed by atoms with E-state index in [1.807, 2.05) is 18.0 Å². The van der Waals surface area contributed by atoms with Crippen LogP contribution < -0.4 is 10.5 Å². The molecular weight excluding hydrogens is 270 g/mol. The Morgan fingerprint density at radius 2 is 2.39 bits per heavy atom. The van der Waals surface area contributed by atoms with Crippen LogP contribution in [0.15, 0.2) is 28.6 Å². The molecule has 1 N–H and O–H groups in total. The fourth-order valence-electron chi connectivity index (χ4n) is 1.69. The van der Waals surface area contributed by atoms with E-state index < -0.39 is 0 Å². The molecule has 6 heteroatoms. The average Bonchev–Trinajstić information content (AvgIpc) is 2.84. The molecule has 2 rings (SSSR count). The third kappa shape index (κ3) is 2.73. The van der Waals surface area contributed by atoms with E-state index in [9.17, 15) is 4.79 Å². The van der Waals surface area contributed by atoms with Crippen LogP contribution in [0.3, 0.4) is 0 Å². The van der Waals surface area contributed by atoms with Crippen LogP contribution in [0.2, 0.25) is 5.02 Å². The Morgan fingerprint density at radius 1 is 1.61 bits per heavy atom. The van der Waals surface area contributed by atoms with Gasteiger partial charge in [-0.25, -0.2) is 4.98 Å². The van der Waals surface area contributed by atoms with Gasteiger partial charge in [0, 0.05) is 24.4 Å². The van der Waals surface area contributed by atoms with Crippen LogP contribution in [0.1, 0.15) is 11.8 Å². The summed E-state index contributed by atoms with van der Waals surface area (Å²) in [7, 11) is 1.89. The van der Waals surface area contributed by atoms with Gasteiger partial charge in [-0.05, 0) is 18.4 Å². The van der Waals surface area contributed by atoms with Crippen molar-refractivity contribution in [2.75, 3.05) is 11.9 Å². The van der Waals surface area contributed by atoms with E-state index in [4.69, 9.17) is 11.6 Å². The lowest BCUT2D eigenvalue weighted by Gasteiger charge is -2.25. The molecule has 0 saturated heterocycles. The Labute approximate surface area is 114 Å². The van der Waals surface area contributed by atoms with Crippen molar-refractivity contribution in [3.8, 4) is 0 Å². The molecule has 0 aliphatic rings. The second kappa shape index (κ2) is 5.54. The maximum Gasteiger partial charge on any atom is 0.271 e. The lowest BCUT2D eigenvalue weighted by molar-refractivity contribution is 0.679. The molecule has 18 heavy (non-hydrogen) atoms. The standard InChI is InChI=1S/C12H14ClN3OS/c1-8(6-9-4-3-5-18-9)16(2)11-10(13)12(17)15-7-14-11/h3-5,7-8H,6H2,1-2H3,(H,14,15,17). The fourth-order valence-corrected chi connectivity index (χ4v) is 2.75. The fraction of sp³-hybridized carbons (Fsp3) is 0.333. The van der Waals surface area contributed by atoms with Gasteiger partial charge in [0.25, 0.3) is 5.56 Å². The van der Waals surface area contributed by atoms with Crippen molar-refractivity contribution in [3.05, 3.63) is 44.1 Å². The number of hydrogen-bond acceptors (Lipinski definition) is 4. The molecule has 0 fully saturated rings. The van der Waals surface area contributed by atoms with Gasteiger partial charge in [-0.2, -0.15) is 0 Å². The highest BCUT2D eigenvalue weighted by atomic mass is 35.5. The van der Waals surface area contributed by atoms with Crippen molar-refractivity contribution < 1.29 is 0 Å². The largest absolute Gasteiger partial charge is 0.355 e. The number of rotatable bonds is 4. The highest BCUT2D eigenvalue weighted by Crippen LogP contribution is 2.21. The number of nitrogens with one attached hydrogen (secondary N) is 1. The first-order valence-electron chi connectivity index (χ1n) is 5.58. The number of aromatic nitrogens is 2. The molecule has 0 amide bonds. The van der Waals surface area contributed by atoms with E-state index in [2.05, 4.69) is 28.3 Å². The summed E-state index contributed by atoms with van der Waals surface area (Å²) < 4.78 is 0. The zero-order valence-electron chi connectivity index (χ0n) is 10.2. The van der Waals surface area contributed by atoms with Gasteiger partial charge in [0.05, 0.1) is 6.33 Å². The van der Waals surface area contributed by atoms with Gasteiger partial charge in [-0.3, -0.25) is 4.79 Å². The molecule has 2 aromatic heterocycles. The summed E-state index contributed by atoms with van der Waals surface area (Å²) in [5, 5.41) is 2.19. The number of nitrogens with zero attached hydrogens (tertiary/aromatic N) is 2. The number of anilines is 1. The first-order chi connectivity index (χ1) is 8.59. The smallest absolute Gasteiger partial charge is 0.271 e. The number of likely N-dealkylation sites (N-methyl/N-ethyl adjacent to an activating group) is 1. The minimum Gasteiger partial charge on any atom is -0.355 e. The summed E-state index contributed by atoms with van der Waals surface area (Å²) in [5.74, 6) is 0.518. The van der Waals surface area contributed by atoms with Crippen molar-refractivity contribution in [2.45, 2.75) is 19.4 Å². The summed E-state index contributed by atoms with van der Waals surface area (Å²) in [6, 6.07) is 4.35. The topological polar surface area (TPSA) is 49.0 Å². The van der Waals surface area contributed by atoms with Crippen LogP contribution in [-0.4, -0.2) is 23.1 Å². The lowest BCUT2D eigenvalue weighted by Crippen LogP contribution is -2.32. The molecule has 0 bridgehead atoms. The highest BCUT2D eigenvalue weighted by Gasteiger charge is 2.16. The van der Waals surface area contributed by atoms with E-state index >= 15 is 0 Å². The minimum atomic E-state index is -0.308. The van der Waals surface area contributed by atoms with E-state index in [1.54, 1.807) is 11.3 Å². The van der Waals surface area contributed by atoms with Gasteiger partial charge < -0.3 is 9.88 Å². The summed E-state index contributed by atoms with van der Waals surface area (Å²) in [6.45, 7) is 2.08. The van der Waals surface area contributed by atoms with Gasteiger partial charge in [0.2, 0.25) is 0 Å². The monoisotopic (exact) mass is 283 g/mol. The van der Waals surface area contributed by atoms with Gasteiger partial charge >= 0.3 is 0 Å². The summed E-state index contributed by atoms with van der Waals surface area (Å²) in [5.41, 5.74) is -0.308. The normalized spacial score (nSPS) is 12.4. The van der Waals surface area contributed by atoms with Crippen LogP contribution >= 0.6 is 22.9 Å². The zero-order chi connectivity index (χ0) is 13.1. The molecule has 2 aromatic rings. The first kappa shape index (κ1) is 13.1. The second-order valence-electron chi connectivity index (χ2n) is 4.11. The van der Waals surface area contributed by atoms with Crippen molar-refractivity contribution in [1.82, 2.24) is 9.97 Å². The quantitative estimate of drug-likeness (QED) is 0.938.